The minimum atomic E-state index is -4.79. The molecule has 6 nitrogen and oxygen atoms in total. The van der Waals surface area contributed by atoms with Crippen molar-refractivity contribution < 1.29 is 27.5 Å². The van der Waals surface area contributed by atoms with Crippen LogP contribution in [-0.4, -0.2) is 55.3 Å². The van der Waals surface area contributed by atoms with E-state index in [1.165, 1.54) is 18.6 Å². The van der Waals surface area contributed by atoms with Gasteiger partial charge in [-0.1, -0.05) is 6.07 Å². The van der Waals surface area contributed by atoms with Crippen LogP contribution < -0.4 is 15.4 Å². The highest BCUT2D eigenvalue weighted by Gasteiger charge is 2.55. The lowest BCUT2D eigenvalue weighted by Gasteiger charge is -2.28. The number of hydrogen-bond acceptors (Lipinski definition) is 4. The van der Waals surface area contributed by atoms with Crippen LogP contribution in [0.3, 0.4) is 0 Å². The van der Waals surface area contributed by atoms with E-state index >= 15 is 0 Å². The Morgan fingerprint density at radius 1 is 1.17 bits per heavy atom. The van der Waals surface area contributed by atoms with Gasteiger partial charge in [0.1, 0.15) is 5.75 Å². The Kier molecular flexibility index (Phi) is 5.42. The van der Waals surface area contributed by atoms with Gasteiger partial charge in [-0.15, -0.1) is 13.2 Å². The molecule has 2 saturated carbocycles. The minimum Gasteiger partial charge on any atom is -0.406 e. The number of amides is 2. The molecule has 0 aromatic heterocycles. The van der Waals surface area contributed by atoms with Crippen LogP contribution in [0.25, 0.3) is 0 Å². The summed E-state index contributed by atoms with van der Waals surface area (Å²) in [6.07, 6.45) is -1.46. The third-order valence-electron chi connectivity index (χ3n) is 6.11. The summed E-state index contributed by atoms with van der Waals surface area (Å²) in [5, 5.41) is 5.85. The smallest absolute Gasteiger partial charge is 0.406 e. The van der Waals surface area contributed by atoms with Gasteiger partial charge in [0.05, 0.1) is 6.54 Å². The van der Waals surface area contributed by atoms with E-state index in [2.05, 4.69) is 20.3 Å². The molecule has 0 radical (unpaired) electrons. The third-order valence-corrected chi connectivity index (χ3v) is 6.11. The van der Waals surface area contributed by atoms with Crippen LogP contribution in [0, 0.1) is 17.8 Å². The maximum absolute atomic E-state index is 12.3. The molecule has 2 N–H and O–H groups in total. The summed E-state index contributed by atoms with van der Waals surface area (Å²) in [5.41, 5.74) is 0.131. The molecule has 1 aromatic rings. The van der Waals surface area contributed by atoms with Crippen molar-refractivity contribution in [3.05, 3.63) is 29.8 Å². The second-order valence-electron chi connectivity index (χ2n) is 8.17. The molecular formula is C20H24F3N3O3. The number of ether oxygens (including phenoxy) is 1. The predicted molar refractivity (Wildman–Crippen MR) is 98.1 cm³/mol. The molecule has 1 heterocycles. The first-order valence-corrected chi connectivity index (χ1v) is 9.94. The molecule has 9 heteroatoms. The zero-order chi connectivity index (χ0) is 20.6. The van der Waals surface area contributed by atoms with Crippen LogP contribution in [-0.2, 0) is 4.79 Å². The number of fused-ring (bicyclic) bond motifs is 1. The van der Waals surface area contributed by atoms with Crippen LogP contribution in [0.5, 0.6) is 5.75 Å². The first-order valence-electron chi connectivity index (χ1n) is 9.94. The van der Waals surface area contributed by atoms with E-state index in [4.69, 9.17) is 0 Å². The summed E-state index contributed by atoms with van der Waals surface area (Å²) in [6, 6.07) is 5.40. The third kappa shape index (κ3) is 5.01. The van der Waals surface area contributed by atoms with E-state index < -0.39 is 18.0 Å². The highest BCUT2D eigenvalue weighted by Crippen LogP contribution is 2.51. The number of piperidine rings is 1. The lowest BCUT2D eigenvalue weighted by molar-refractivity contribution is -0.274. The summed E-state index contributed by atoms with van der Waals surface area (Å²) < 4.78 is 40.8. The summed E-state index contributed by atoms with van der Waals surface area (Å²) in [4.78, 5) is 26.4. The van der Waals surface area contributed by atoms with Gasteiger partial charge in [-0.05, 0) is 55.2 Å². The highest BCUT2D eigenvalue weighted by atomic mass is 19.4. The normalized spacial score (nSPS) is 26.4. The SMILES string of the molecule is O=C(CN1CC2C(CNC(=O)c3cccc(OC(F)(F)F)c3)C2C1)NC1CCC1. The summed E-state index contributed by atoms with van der Waals surface area (Å²) in [7, 11) is 0. The number of likely N-dealkylation sites (tertiary alicyclic amines) is 1. The van der Waals surface area contributed by atoms with E-state index in [1.807, 2.05) is 0 Å². The number of halogens is 3. The van der Waals surface area contributed by atoms with Gasteiger partial charge in [-0.3, -0.25) is 14.5 Å². The maximum Gasteiger partial charge on any atom is 0.573 e. The van der Waals surface area contributed by atoms with Crippen LogP contribution >= 0.6 is 0 Å². The zero-order valence-electron chi connectivity index (χ0n) is 15.9. The van der Waals surface area contributed by atoms with Gasteiger partial charge in [0.25, 0.3) is 5.91 Å². The second-order valence-corrected chi connectivity index (χ2v) is 8.17. The maximum atomic E-state index is 12.3. The number of nitrogens with one attached hydrogen (secondary N) is 2. The number of hydrogen-bond donors (Lipinski definition) is 2. The Balaban J connectivity index is 1.18. The molecule has 0 spiro atoms. The van der Waals surface area contributed by atoms with Gasteiger partial charge >= 0.3 is 6.36 Å². The van der Waals surface area contributed by atoms with Gasteiger partial charge in [-0.2, -0.15) is 0 Å². The lowest BCUT2D eigenvalue weighted by atomic mass is 9.93. The molecule has 158 valence electrons. The summed E-state index contributed by atoms with van der Waals surface area (Å²) >= 11 is 0. The minimum absolute atomic E-state index is 0.0850. The lowest BCUT2D eigenvalue weighted by Crippen LogP contribution is -2.45. The molecule has 2 atom stereocenters. The van der Waals surface area contributed by atoms with E-state index in [0.717, 1.165) is 38.1 Å². The Labute approximate surface area is 166 Å². The van der Waals surface area contributed by atoms with Crippen molar-refractivity contribution >= 4 is 11.8 Å². The zero-order valence-corrected chi connectivity index (χ0v) is 15.9. The molecule has 2 amide bonds. The molecular weight excluding hydrogens is 387 g/mol. The van der Waals surface area contributed by atoms with Gasteiger partial charge in [0, 0.05) is 31.2 Å². The van der Waals surface area contributed by atoms with Crippen LogP contribution in [0.1, 0.15) is 29.6 Å². The Morgan fingerprint density at radius 3 is 2.52 bits per heavy atom. The number of carbonyl (C=O) groups is 2. The number of carbonyl (C=O) groups excluding carboxylic acids is 2. The molecule has 1 aliphatic heterocycles. The number of rotatable bonds is 7. The van der Waals surface area contributed by atoms with E-state index in [1.54, 1.807) is 0 Å². The van der Waals surface area contributed by atoms with Gasteiger partial charge in [-0.25, -0.2) is 0 Å². The second kappa shape index (κ2) is 7.85. The van der Waals surface area contributed by atoms with Crippen molar-refractivity contribution in [2.75, 3.05) is 26.2 Å². The average molecular weight is 411 g/mol. The number of nitrogens with zero attached hydrogens (tertiary/aromatic N) is 1. The fourth-order valence-corrected chi connectivity index (χ4v) is 4.34. The van der Waals surface area contributed by atoms with E-state index in [9.17, 15) is 22.8 Å². The fourth-order valence-electron chi connectivity index (χ4n) is 4.34. The topological polar surface area (TPSA) is 70.7 Å². The van der Waals surface area contributed by atoms with Crippen molar-refractivity contribution in [3.8, 4) is 5.75 Å². The van der Waals surface area contributed by atoms with Crippen molar-refractivity contribution in [2.24, 2.45) is 17.8 Å². The fraction of sp³-hybridized carbons (Fsp3) is 0.600. The van der Waals surface area contributed by atoms with Gasteiger partial charge in [0.15, 0.2) is 0 Å². The Bertz CT molecular complexity index is 770. The molecule has 4 rings (SSSR count). The monoisotopic (exact) mass is 411 g/mol. The van der Waals surface area contributed by atoms with Crippen molar-refractivity contribution in [3.63, 3.8) is 0 Å². The molecule has 1 saturated heterocycles. The van der Waals surface area contributed by atoms with Crippen molar-refractivity contribution in [1.82, 2.24) is 15.5 Å². The van der Waals surface area contributed by atoms with Crippen LogP contribution in [0.4, 0.5) is 13.2 Å². The summed E-state index contributed by atoms with van der Waals surface area (Å²) in [6.45, 7) is 2.60. The predicted octanol–water partition coefficient (Wildman–Crippen LogP) is 2.16. The number of benzene rings is 1. The molecule has 3 aliphatic rings. The average Bonchev–Trinajstić information content (AvgIpc) is 3.06. The Hall–Kier alpha value is -2.29. The standard InChI is InChI=1S/C20H24F3N3O3/c21-20(22,23)29-14-6-1-3-12(7-14)19(28)24-8-15-16-9-26(10-17(15)16)11-18(27)25-13-4-2-5-13/h1,3,6-7,13,15-17H,2,4-5,8-11H2,(H,24,28)(H,25,27). The van der Waals surface area contributed by atoms with E-state index in [-0.39, 0.29) is 11.5 Å². The first-order chi connectivity index (χ1) is 13.8. The van der Waals surface area contributed by atoms with Crippen molar-refractivity contribution in [2.45, 2.75) is 31.7 Å². The van der Waals surface area contributed by atoms with Crippen molar-refractivity contribution in [1.29, 1.82) is 0 Å². The molecule has 1 aromatic carbocycles. The number of alkyl halides is 3. The summed E-state index contributed by atoms with van der Waals surface area (Å²) in [5.74, 6) is 0.545. The van der Waals surface area contributed by atoms with Crippen LogP contribution in [0.2, 0.25) is 0 Å². The van der Waals surface area contributed by atoms with E-state index in [0.29, 0.717) is 36.9 Å². The molecule has 2 aliphatic carbocycles. The largest absolute Gasteiger partial charge is 0.573 e. The quantitative estimate of drug-likeness (QED) is 0.722. The highest BCUT2D eigenvalue weighted by molar-refractivity contribution is 5.94. The van der Waals surface area contributed by atoms with Gasteiger partial charge in [0.2, 0.25) is 5.91 Å². The molecule has 29 heavy (non-hydrogen) atoms. The first kappa shape index (κ1) is 20.0. The molecule has 3 fully saturated rings. The van der Waals surface area contributed by atoms with Crippen LogP contribution in [0.15, 0.2) is 24.3 Å². The van der Waals surface area contributed by atoms with Gasteiger partial charge < -0.3 is 15.4 Å². The Morgan fingerprint density at radius 2 is 1.90 bits per heavy atom. The molecule has 0 bridgehead atoms. The molecule has 2 unspecified atom stereocenters.